The molecule has 1 fully saturated rings. The van der Waals surface area contributed by atoms with Gasteiger partial charge in [-0.1, -0.05) is 13.8 Å². The second kappa shape index (κ2) is 7.19. The molecule has 0 saturated carbocycles. The van der Waals surface area contributed by atoms with Crippen LogP contribution in [0, 0.1) is 0 Å². The molecule has 7 heteroatoms. The Bertz CT molecular complexity index is 556. The number of likely N-dealkylation sites (N-methyl/N-ethyl adjacent to an activating group) is 1. The Morgan fingerprint density at radius 2 is 2.14 bits per heavy atom. The summed E-state index contributed by atoms with van der Waals surface area (Å²) in [7, 11) is -3.34. The Hall–Kier alpha value is -0.470. The van der Waals surface area contributed by atoms with Crippen molar-refractivity contribution in [1.82, 2.24) is 14.5 Å². The largest absolute Gasteiger partial charge is 0.312 e. The van der Waals surface area contributed by atoms with Gasteiger partial charge in [-0.25, -0.2) is 8.42 Å². The molecule has 1 aromatic rings. The van der Waals surface area contributed by atoms with E-state index in [4.69, 9.17) is 0 Å². The van der Waals surface area contributed by atoms with Crippen molar-refractivity contribution in [2.75, 3.05) is 32.7 Å². The third-order valence-corrected chi connectivity index (χ3v) is 6.88. The minimum atomic E-state index is -3.34. The third-order valence-electron chi connectivity index (χ3n) is 3.95. The van der Waals surface area contributed by atoms with Crippen LogP contribution in [-0.4, -0.2) is 56.4 Å². The van der Waals surface area contributed by atoms with Crippen LogP contribution >= 0.6 is 11.3 Å². The fourth-order valence-electron chi connectivity index (χ4n) is 2.64. The molecule has 0 bridgehead atoms. The first-order valence-electron chi connectivity index (χ1n) is 7.51. The lowest BCUT2D eigenvalue weighted by Crippen LogP contribution is -2.53. The molecule has 1 aromatic heterocycles. The lowest BCUT2D eigenvalue weighted by atomic mass is 10.2. The van der Waals surface area contributed by atoms with Crippen LogP contribution in [0.4, 0.5) is 0 Å². The molecular formula is C14H25N3O2S2. The van der Waals surface area contributed by atoms with Crippen molar-refractivity contribution in [3.8, 4) is 0 Å². The van der Waals surface area contributed by atoms with Gasteiger partial charge in [0.05, 0.1) is 4.90 Å². The van der Waals surface area contributed by atoms with Gasteiger partial charge in [0, 0.05) is 42.5 Å². The molecule has 21 heavy (non-hydrogen) atoms. The third kappa shape index (κ3) is 3.84. The Labute approximate surface area is 132 Å². The van der Waals surface area contributed by atoms with Crippen LogP contribution in [0.2, 0.25) is 0 Å². The second-order valence-corrected chi connectivity index (χ2v) is 8.30. The molecule has 1 aliphatic rings. The van der Waals surface area contributed by atoms with Crippen molar-refractivity contribution in [2.24, 2.45) is 0 Å². The zero-order chi connectivity index (χ0) is 15.5. The second-order valence-electron chi connectivity index (χ2n) is 5.37. The van der Waals surface area contributed by atoms with E-state index in [-0.39, 0.29) is 6.04 Å². The topological polar surface area (TPSA) is 52.7 Å². The smallest absolute Gasteiger partial charge is 0.244 e. The normalized spacial score (nSPS) is 21.8. The van der Waals surface area contributed by atoms with Crippen LogP contribution in [0.5, 0.6) is 0 Å². The number of piperazine rings is 1. The summed E-state index contributed by atoms with van der Waals surface area (Å²) in [6, 6.07) is 2.08. The standard InChI is InChI=1S/C14H25N3O2S2/c1-4-15-9-13-8-14(11-20-13)21(18,19)17-7-6-16(5-2)12(3)10-17/h8,11-12,15H,4-7,9-10H2,1-3H3. The average Bonchev–Trinajstić information content (AvgIpc) is 2.94. The van der Waals surface area contributed by atoms with Crippen LogP contribution in [0.3, 0.4) is 0 Å². The van der Waals surface area contributed by atoms with E-state index in [1.807, 2.05) is 6.92 Å². The Kier molecular flexibility index (Phi) is 5.79. The maximum absolute atomic E-state index is 12.7. The molecule has 1 atom stereocenters. The van der Waals surface area contributed by atoms with Crippen LogP contribution in [0.25, 0.3) is 0 Å². The minimum absolute atomic E-state index is 0.276. The summed E-state index contributed by atoms with van der Waals surface area (Å²) in [6.07, 6.45) is 0. The van der Waals surface area contributed by atoms with E-state index in [1.165, 1.54) is 11.3 Å². The summed E-state index contributed by atoms with van der Waals surface area (Å²) < 4.78 is 27.0. The van der Waals surface area contributed by atoms with Crippen molar-refractivity contribution in [3.63, 3.8) is 0 Å². The van der Waals surface area contributed by atoms with E-state index in [9.17, 15) is 8.42 Å². The first-order valence-corrected chi connectivity index (χ1v) is 9.83. The number of rotatable bonds is 6. The average molecular weight is 332 g/mol. The molecule has 0 amide bonds. The molecule has 120 valence electrons. The summed E-state index contributed by atoms with van der Waals surface area (Å²) in [6.45, 7) is 10.8. The summed E-state index contributed by atoms with van der Waals surface area (Å²) in [5, 5.41) is 4.99. The predicted octanol–water partition coefficient (Wildman–Crippen LogP) is 1.57. The van der Waals surface area contributed by atoms with Gasteiger partial charge < -0.3 is 5.32 Å². The monoisotopic (exact) mass is 331 g/mol. The van der Waals surface area contributed by atoms with Gasteiger partial charge in [0.25, 0.3) is 0 Å². The van der Waals surface area contributed by atoms with Gasteiger partial charge in [-0.05, 0) is 26.1 Å². The number of hydrogen-bond donors (Lipinski definition) is 1. The lowest BCUT2D eigenvalue weighted by molar-refractivity contribution is 0.135. The van der Waals surface area contributed by atoms with E-state index >= 15 is 0 Å². The van der Waals surface area contributed by atoms with E-state index < -0.39 is 10.0 Å². The number of sulfonamides is 1. The highest BCUT2D eigenvalue weighted by atomic mass is 32.2. The Morgan fingerprint density at radius 1 is 1.38 bits per heavy atom. The molecular weight excluding hydrogens is 306 g/mol. The molecule has 1 aliphatic heterocycles. The first-order chi connectivity index (χ1) is 9.98. The molecule has 1 N–H and O–H groups in total. The number of thiophene rings is 1. The van der Waals surface area contributed by atoms with Crippen molar-refractivity contribution in [2.45, 2.75) is 38.3 Å². The maximum Gasteiger partial charge on any atom is 0.244 e. The highest BCUT2D eigenvalue weighted by molar-refractivity contribution is 7.89. The van der Waals surface area contributed by atoms with Gasteiger partial charge in [0.2, 0.25) is 10.0 Å². The molecule has 2 rings (SSSR count). The lowest BCUT2D eigenvalue weighted by Gasteiger charge is -2.38. The maximum atomic E-state index is 12.7. The quantitative estimate of drug-likeness (QED) is 0.860. The summed E-state index contributed by atoms with van der Waals surface area (Å²) >= 11 is 1.51. The van der Waals surface area contributed by atoms with Gasteiger partial charge >= 0.3 is 0 Å². The van der Waals surface area contributed by atoms with Gasteiger partial charge in [-0.15, -0.1) is 11.3 Å². The van der Waals surface area contributed by atoms with Crippen molar-refractivity contribution in [1.29, 1.82) is 0 Å². The zero-order valence-electron chi connectivity index (χ0n) is 13.0. The van der Waals surface area contributed by atoms with Crippen LogP contribution in [-0.2, 0) is 16.6 Å². The summed E-state index contributed by atoms with van der Waals surface area (Å²) in [5.41, 5.74) is 0. The van der Waals surface area contributed by atoms with E-state index in [2.05, 4.69) is 24.1 Å². The van der Waals surface area contributed by atoms with Crippen molar-refractivity contribution >= 4 is 21.4 Å². The first kappa shape index (κ1) is 16.9. The number of hydrogen-bond acceptors (Lipinski definition) is 5. The van der Waals surface area contributed by atoms with Gasteiger partial charge in [0.1, 0.15) is 0 Å². The number of nitrogens with one attached hydrogen (secondary N) is 1. The van der Waals surface area contributed by atoms with Gasteiger partial charge in [0.15, 0.2) is 0 Å². The molecule has 0 radical (unpaired) electrons. The molecule has 1 saturated heterocycles. The van der Waals surface area contributed by atoms with E-state index in [1.54, 1.807) is 15.8 Å². The molecule has 5 nitrogen and oxygen atoms in total. The fraction of sp³-hybridized carbons (Fsp3) is 0.714. The van der Waals surface area contributed by atoms with Crippen LogP contribution < -0.4 is 5.32 Å². The fourth-order valence-corrected chi connectivity index (χ4v) is 5.38. The van der Waals surface area contributed by atoms with E-state index in [0.29, 0.717) is 18.0 Å². The van der Waals surface area contributed by atoms with E-state index in [0.717, 1.165) is 31.1 Å². The van der Waals surface area contributed by atoms with Crippen molar-refractivity contribution < 1.29 is 8.42 Å². The zero-order valence-corrected chi connectivity index (χ0v) is 14.6. The molecule has 1 unspecified atom stereocenters. The summed E-state index contributed by atoms with van der Waals surface area (Å²) in [4.78, 5) is 3.82. The number of nitrogens with zero attached hydrogens (tertiary/aromatic N) is 2. The molecule has 0 aromatic carbocycles. The SMILES string of the molecule is CCNCc1cc(S(=O)(=O)N2CCN(CC)C(C)C2)cs1. The van der Waals surface area contributed by atoms with Crippen molar-refractivity contribution in [3.05, 3.63) is 16.3 Å². The minimum Gasteiger partial charge on any atom is -0.312 e. The van der Waals surface area contributed by atoms with Crippen LogP contribution in [0.15, 0.2) is 16.3 Å². The van der Waals surface area contributed by atoms with Crippen LogP contribution in [0.1, 0.15) is 25.6 Å². The highest BCUT2D eigenvalue weighted by Gasteiger charge is 2.32. The summed E-state index contributed by atoms with van der Waals surface area (Å²) in [5.74, 6) is 0. The Balaban J connectivity index is 2.09. The predicted molar refractivity (Wildman–Crippen MR) is 87.2 cm³/mol. The highest BCUT2D eigenvalue weighted by Crippen LogP contribution is 2.24. The molecule has 0 aliphatic carbocycles. The Morgan fingerprint density at radius 3 is 2.76 bits per heavy atom. The van der Waals surface area contributed by atoms with Gasteiger partial charge in [-0.3, -0.25) is 4.90 Å². The van der Waals surface area contributed by atoms with Gasteiger partial charge in [-0.2, -0.15) is 4.31 Å². The molecule has 2 heterocycles. The molecule has 0 spiro atoms.